The first kappa shape index (κ1) is 21.3. The van der Waals surface area contributed by atoms with Gasteiger partial charge in [0.15, 0.2) is 0 Å². The number of hydrogen-bond acceptors (Lipinski definition) is 2. The van der Waals surface area contributed by atoms with Crippen molar-refractivity contribution >= 4 is 18.4 Å². The maximum atomic E-state index is 5.83. The number of unbranched alkanes of at least 4 members (excludes halogenated alkanes) is 3. The molecule has 0 spiro atoms. The van der Waals surface area contributed by atoms with E-state index in [2.05, 4.69) is 30.6 Å². The molecule has 2 nitrogen and oxygen atoms in total. The molecule has 1 saturated heterocycles. The van der Waals surface area contributed by atoms with E-state index < -0.39 is 18.4 Å². The molecule has 0 unspecified atom stereocenters. The van der Waals surface area contributed by atoms with Crippen LogP contribution in [0.3, 0.4) is 0 Å². The van der Waals surface area contributed by atoms with Crippen LogP contribution in [0.2, 0.25) is 13.3 Å². The van der Waals surface area contributed by atoms with Gasteiger partial charge in [-0.2, -0.15) is 0 Å². The van der Waals surface area contributed by atoms with E-state index >= 15 is 0 Å². The van der Waals surface area contributed by atoms with Crippen molar-refractivity contribution in [1.29, 1.82) is 0 Å². The second-order valence-electron chi connectivity index (χ2n) is 7.00. The molecule has 1 aliphatic rings. The minimum absolute atomic E-state index is 0.00424. The molecule has 1 rings (SSSR count). The van der Waals surface area contributed by atoms with Crippen LogP contribution >= 0.6 is 0 Å². The van der Waals surface area contributed by atoms with E-state index in [9.17, 15) is 0 Å². The number of rotatable bonds is 11. The first-order chi connectivity index (χ1) is 11.3. The molecule has 1 fully saturated rings. The standard InChI is InChI=1S/C8H11O2.3C4H9.Sn/c1-2-6-9-8-5-3-4-7-10-8;3*1-3-4-2;/h8H,3-7H2;3*1,3-4H2,2H3;/t8-;;;;/m0..../s1. The predicted molar refractivity (Wildman–Crippen MR) is 102 cm³/mol. The van der Waals surface area contributed by atoms with E-state index in [1.54, 1.807) is 0 Å². The van der Waals surface area contributed by atoms with Crippen molar-refractivity contribution in [2.45, 2.75) is 98.2 Å². The van der Waals surface area contributed by atoms with E-state index in [1.807, 2.05) is 0 Å². The summed E-state index contributed by atoms with van der Waals surface area (Å²) < 4.78 is 19.7. The zero-order chi connectivity index (χ0) is 16.8. The van der Waals surface area contributed by atoms with Gasteiger partial charge in [0, 0.05) is 0 Å². The molecule has 1 heterocycles. The zero-order valence-corrected chi connectivity index (χ0v) is 18.6. The van der Waals surface area contributed by atoms with Gasteiger partial charge in [-0.1, -0.05) is 0 Å². The first-order valence-corrected chi connectivity index (χ1v) is 17.5. The Bertz CT molecular complexity index is 318. The number of hydrogen-bond donors (Lipinski definition) is 0. The fourth-order valence-electron chi connectivity index (χ4n) is 3.31. The normalized spacial score (nSPS) is 18.5. The fourth-order valence-corrected chi connectivity index (χ4v) is 16.6. The molecule has 134 valence electrons. The summed E-state index contributed by atoms with van der Waals surface area (Å²) >= 11 is -2.27. The molecule has 0 aromatic heterocycles. The molecule has 23 heavy (non-hydrogen) atoms. The molecule has 0 radical (unpaired) electrons. The van der Waals surface area contributed by atoms with Gasteiger partial charge >= 0.3 is 149 Å². The molecule has 0 aliphatic carbocycles. The minimum atomic E-state index is -2.27. The predicted octanol–water partition coefficient (Wildman–Crippen LogP) is 5.92. The molecule has 3 heteroatoms. The van der Waals surface area contributed by atoms with Crippen LogP contribution in [-0.2, 0) is 9.47 Å². The second-order valence-corrected chi connectivity index (χ2v) is 19.3. The van der Waals surface area contributed by atoms with E-state index in [0.29, 0.717) is 6.61 Å². The van der Waals surface area contributed by atoms with Crippen LogP contribution in [-0.4, -0.2) is 37.9 Å². The van der Waals surface area contributed by atoms with Gasteiger partial charge in [-0.25, -0.2) is 0 Å². The van der Waals surface area contributed by atoms with Crippen molar-refractivity contribution in [1.82, 2.24) is 0 Å². The molecule has 0 saturated carbocycles. The van der Waals surface area contributed by atoms with Crippen LogP contribution < -0.4 is 0 Å². The summed E-state index contributed by atoms with van der Waals surface area (Å²) in [7, 11) is 0. The van der Waals surface area contributed by atoms with Gasteiger partial charge in [-0.05, 0) is 0 Å². The summed E-state index contributed by atoms with van der Waals surface area (Å²) in [5, 5.41) is 0. The van der Waals surface area contributed by atoms with Crippen molar-refractivity contribution in [3.63, 3.8) is 0 Å². The second kappa shape index (κ2) is 13.6. The van der Waals surface area contributed by atoms with Crippen molar-refractivity contribution in [2.75, 3.05) is 13.2 Å². The van der Waals surface area contributed by atoms with Crippen LogP contribution in [0, 0.1) is 9.86 Å². The fraction of sp³-hybridized carbons (Fsp3) is 0.900. The SMILES string of the molecule is CCC[CH2][Sn]([C]#CCO[C@@H]1CCCCO1)([CH2]CCC)[CH2]CCC. The molecular weight excluding hydrogens is 391 g/mol. The van der Waals surface area contributed by atoms with Gasteiger partial charge in [0.25, 0.3) is 0 Å². The average molecular weight is 429 g/mol. The van der Waals surface area contributed by atoms with Crippen LogP contribution in [0.15, 0.2) is 0 Å². The summed E-state index contributed by atoms with van der Waals surface area (Å²) in [6, 6.07) is 0. The van der Waals surface area contributed by atoms with Gasteiger partial charge < -0.3 is 0 Å². The summed E-state index contributed by atoms with van der Waals surface area (Å²) in [6.45, 7) is 8.37. The van der Waals surface area contributed by atoms with E-state index in [-0.39, 0.29) is 6.29 Å². The molecule has 0 aromatic rings. The van der Waals surface area contributed by atoms with Gasteiger partial charge in [0.1, 0.15) is 0 Å². The van der Waals surface area contributed by atoms with E-state index in [1.165, 1.54) is 64.7 Å². The van der Waals surface area contributed by atoms with Gasteiger partial charge in [-0.3, -0.25) is 0 Å². The summed E-state index contributed by atoms with van der Waals surface area (Å²) in [5.41, 5.74) is 0. The van der Waals surface area contributed by atoms with Crippen molar-refractivity contribution < 1.29 is 9.47 Å². The Morgan fingerprint density at radius 3 is 2.04 bits per heavy atom. The topological polar surface area (TPSA) is 18.5 Å². The first-order valence-electron chi connectivity index (χ1n) is 9.99. The van der Waals surface area contributed by atoms with Crippen LogP contribution in [0.1, 0.15) is 78.6 Å². The molecule has 1 aliphatic heterocycles. The Hall–Kier alpha value is 0.279. The molecular formula is C20H38O2Sn. The summed E-state index contributed by atoms with van der Waals surface area (Å²) in [5.74, 6) is 3.44. The molecule has 0 N–H and O–H groups in total. The third-order valence-electron chi connectivity index (χ3n) is 4.86. The summed E-state index contributed by atoms with van der Waals surface area (Å²) in [4.78, 5) is 0. The molecule has 0 amide bonds. The number of ether oxygens (including phenoxy) is 2. The Morgan fingerprint density at radius 1 is 0.957 bits per heavy atom. The molecule has 1 atom stereocenters. The summed E-state index contributed by atoms with van der Waals surface area (Å²) in [6.07, 6.45) is 11.5. The average Bonchev–Trinajstić information content (AvgIpc) is 2.60. The van der Waals surface area contributed by atoms with Gasteiger partial charge in [-0.15, -0.1) is 0 Å². The molecule has 0 aromatic carbocycles. The quantitative estimate of drug-likeness (QED) is 0.300. The van der Waals surface area contributed by atoms with E-state index in [4.69, 9.17) is 9.47 Å². The van der Waals surface area contributed by atoms with Crippen LogP contribution in [0.4, 0.5) is 0 Å². The Balaban J connectivity index is 2.58. The third kappa shape index (κ3) is 9.36. The van der Waals surface area contributed by atoms with Crippen LogP contribution in [0.25, 0.3) is 0 Å². The maximum absolute atomic E-state index is 5.83. The third-order valence-corrected chi connectivity index (χ3v) is 18.1. The van der Waals surface area contributed by atoms with Gasteiger partial charge in [0.05, 0.1) is 0 Å². The Labute approximate surface area is 149 Å². The zero-order valence-electron chi connectivity index (χ0n) is 15.8. The monoisotopic (exact) mass is 430 g/mol. The van der Waals surface area contributed by atoms with Crippen molar-refractivity contribution in [3.05, 3.63) is 0 Å². The van der Waals surface area contributed by atoms with Crippen molar-refractivity contribution in [3.8, 4) is 9.86 Å². The van der Waals surface area contributed by atoms with Crippen LogP contribution in [0.5, 0.6) is 0 Å². The Kier molecular flexibility index (Phi) is 12.6. The Morgan fingerprint density at radius 2 is 1.57 bits per heavy atom. The van der Waals surface area contributed by atoms with Crippen molar-refractivity contribution in [2.24, 2.45) is 0 Å². The van der Waals surface area contributed by atoms with Gasteiger partial charge in [0.2, 0.25) is 0 Å². The van der Waals surface area contributed by atoms with E-state index in [0.717, 1.165) is 13.0 Å². The molecule has 0 bridgehead atoms.